The van der Waals surface area contributed by atoms with Crippen molar-refractivity contribution >= 4 is 11.9 Å². The molecule has 0 aromatic heterocycles. The van der Waals surface area contributed by atoms with Crippen LogP contribution >= 0.6 is 0 Å². The number of carboxylic acids is 1. The zero-order valence-corrected chi connectivity index (χ0v) is 12.2. The Morgan fingerprint density at radius 3 is 2.62 bits per heavy atom. The van der Waals surface area contributed by atoms with Crippen LogP contribution in [-0.4, -0.2) is 29.6 Å². The van der Waals surface area contributed by atoms with Gasteiger partial charge in [-0.1, -0.05) is 36.8 Å². The van der Waals surface area contributed by atoms with E-state index in [1.807, 2.05) is 13.0 Å². The van der Waals surface area contributed by atoms with E-state index in [2.05, 4.69) is 5.32 Å². The summed E-state index contributed by atoms with van der Waals surface area (Å²) in [6.07, 6.45) is 2.53. The fraction of sp³-hybridized carbons (Fsp3) is 0.500. The second-order valence-electron chi connectivity index (χ2n) is 5.93. The van der Waals surface area contributed by atoms with Gasteiger partial charge in [-0.3, -0.25) is 9.59 Å². The summed E-state index contributed by atoms with van der Waals surface area (Å²) in [4.78, 5) is 23.8. The molecule has 5 heteroatoms. The summed E-state index contributed by atoms with van der Waals surface area (Å²) >= 11 is 0. The van der Waals surface area contributed by atoms with Crippen molar-refractivity contribution in [3.05, 3.63) is 35.9 Å². The molecule has 21 heavy (non-hydrogen) atoms. The summed E-state index contributed by atoms with van der Waals surface area (Å²) in [7, 11) is 0. The summed E-state index contributed by atoms with van der Waals surface area (Å²) < 4.78 is 0. The lowest BCUT2D eigenvalue weighted by Gasteiger charge is -2.28. The second kappa shape index (κ2) is 6.26. The number of hydrogen-bond donors (Lipinski definition) is 3. The van der Waals surface area contributed by atoms with Gasteiger partial charge < -0.3 is 16.2 Å². The summed E-state index contributed by atoms with van der Waals surface area (Å²) in [5.74, 6) is -1.83. The fourth-order valence-corrected chi connectivity index (χ4v) is 2.90. The number of nitrogens with one attached hydrogen (secondary N) is 1. The fourth-order valence-electron chi connectivity index (χ4n) is 2.90. The third-order valence-corrected chi connectivity index (χ3v) is 4.52. The van der Waals surface area contributed by atoms with Crippen LogP contribution in [0.2, 0.25) is 0 Å². The highest BCUT2D eigenvalue weighted by Crippen LogP contribution is 2.36. The summed E-state index contributed by atoms with van der Waals surface area (Å²) in [5, 5.41) is 12.1. The molecular formula is C16H22N2O3. The van der Waals surface area contributed by atoms with Gasteiger partial charge in [-0.05, 0) is 25.3 Å². The van der Waals surface area contributed by atoms with Gasteiger partial charge in [0.25, 0.3) is 0 Å². The molecule has 5 nitrogen and oxygen atoms in total. The largest absolute Gasteiger partial charge is 0.481 e. The third kappa shape index (κ3) is 3.24. The topological polar surface area (TPSA) is 92.4 Å². The monoisotopic (exact) mass is 290 g/mol. The minimum Gasteiger partial charge on any atom is -0.481 e. The molecule has 1 fully saturated rings. The first-order valence-electron chi connectivity index (χ1n) is 7.27. The normalized spacial score (nSPS) is 26.3. The molecule has 1 aromatic rings. The van der Waals surface area contributed by atoms with E-state index in [1.165, 1.54) is 0 Å². The van der Waals surface area contributed by atoms with Gasteiger partial charge in [0.1, 0.15) is 0 Å². The standard InChI is InChI=1S/C16H22N2O3/c1-16(9-5-8-13(16)17)15(21)18-10-12(14(19)20)11-6-3-2-4-7-11/h2-4,6-7,12-13H,5,8-10,17H2,1H3,(H,18,21)(H,19,20). The molecule has 3 atom stereocenters. The zero-order valence-electron chi connectivity index (χ0n) is 12.2. The molecule has 4 N–H and O–H groups in total. The zero-order chi connectivity index (χ0) is 15.5. The van der Waals surface area contributed by atoms with Crippen molar-refractivity contribution in [1.82, 2.24) is 5.32 Å². The van der Waals surface area contributed by atoms with E-state index in [0.29, 0.717) is 5.56 Å². The van der Waals surface area contributed by atoms with Crippen molar-refractivity contribution < 1.29 is 14.7 Å². The van der Waals surface area contributed by atoms with E-state index in [4.69, 9.17) is 5.73 Å². The molecule has 0 spiro atoms. The van der Waals surface area contributed by atoms with E-state index in [0.717, 1.165) is 19.3 Å². The van der Waals surface area contributed by atoms with Gasteiger partial charge in [-0.15, -0.1) is 0 Å². The van der Waals surface area contributed by atoms with Crippen LogP contribution in [0, 0.1) is 5.41 Å². The maximum atomic E-state index is 12.4. The first-order chi connectivity index (χ1) is 9.95. The maximum Gasteiger partial charge on any atom is 0.312 e. The van der Waals surface area contributed by atoms with Crippen molar-refractivity contribution in [3.63, 3.8) is 0 Å². The quantitative estimate of drug-likeness (QED) is 0.766. The predicted octanol–water partition coefficient (Wildman–Crippen LogP) is 1.49. The van der Waals surface area contributed by atoms with Crippen LogP contribution in [0.3, 0.4) is 0 Å². The number of carbonyl (C=O) groups is 2. The Morgan fingerprint density at radius 1 is 1.43 bits per heavy atom. The van der Waals surface area contributed by atoms with Gasteiger partial charge >= 0.3 is 5.97 Å². The lowest BCUT2D eigenvalue weighted by Crippen LogP contribution is -2.48. The number of hydrogen-bond acceptors (Lipinski definition) is 3. The molecule has 1 aliphatic rings. The van der Waals surface area contributed by atoms with Crippen molar-refractivity contribution in [1.29, 1.82) is 0 Å². The molecule has 0 bridgehead atoms. The SMILES string of the molecule is CC1(C(=O)NCC(C(=O)O)c2ccccc2)CCCC1N. The van der Waals surface area contributed by atoms with Gasteiger partial charge in [0, 0.05) is 12.6 Å². The Labute approximate surface area is 124 Å². The summed E-state index contributed by atoms with van der Waals surface area (Å²) in [6, 6.07) is 8.78. The third-order valence-electron chi connectivity index (χ3n) is 4.52. The highest BCUT2D eigenvalue weighted by atomic mass is 16.4. The minimum atomic E-state index is -0.942. The molecule has 0 heterocycles. The van der Waals surface area contributed by atoms with Gasteiger partial charge in [0.15, 0.2) is 0 Å². The molecule has 1 aromatic carbocycles. The lowest BCUT2D eigenvalue weighted by atomic mass is 9.84. The number of aliphatic carboxylic acids is 1. The van der Waals surface area contributed by atoms with Gasteiger partial charge in [0.05, 0.1) is 11.3 Å². The Bertz CT molecular complexity index is 518. The molecule has 114 valence electrons. The Morgan fingerprint density at radius 2 is 2.10 bits per heavy atom. The average Bonchev–Trinajstić information content (AvgIpc) is 2.81. The number of amides is 1. The van der Waals surface area contributed by atoms with Crippen molar-refractivity contribution in [3.8, 4) is 0 Å². The maximum absolute atomic E-state index is 12.4. The summed E-state index contributed by atoms with van der Waals surface area (Å²) in [6.45, 7) is 1.94. The molecule has 0 saturated heterocycles. The van der Waals surface area contributed by atoms with Crippen molar-refractivity contribution in [2.75, 3.05) is 6.54 Å². The van der Waals surface area contributed by atoms with E-state index >= 15 is 0 Å². The summed E-state index contributed by atoms with van der Waals surface area (Å²) in [5.41, 5.74) is 6.12. The number of nitrogens with two attached hydrogens (primary N) is 1. The number of carbonyl (C=O) groups excluding carboxylic acids is 1. The molecule has 3 unspecified atom stereocenters. The van der Waals surface area contributed by atoms with E-state index in [1.54, 1.807) is 24.3 Å². The molecule has 2 rings (SSSR count). The first kappa shape index (κ1) is 15.5. The predicted molar refractivity (Wildman–Crippen MR) is 79.8 cm³/mol. The minimum absolute atomic E-state index is 0.0838. The van der Waals surface area contributed by atoms with E-state index < -0.39 is 17.3 Å². The molecular weight excluding hydrogens is 268 g/mol. The highest BCUT2D eigenvalue weighted by Gasteiger charge is 2.43. The number of benzene rings is 1. The Hall–Kier alpha value is -1.88. The molecule has 0 radical (unpaired) electrons. The van der Waals surface area contributed by atoms with Crippen molar-refractivity contribution in [2.24, 2.45) is 11.1 Å². The van der Waals surface area contributed by atoms with Gasteiger partial charge in [-0.2, -0.15) is 0 Å². The molecule has 1 saturated carbocycles. The number of rotatable bonds is 5. The van der Waals surface area contributed by atoms with Crippen LogP contribution in [0.5, 0.6) is 0 Å². The van der Waals surface area contributed by atoms with Gasteiger partial charge in [0.2, 0.25) is 5.91 Å². The van der Waals surface area contributed by atoms with Crippen LogP contribution < -0.4 is 11.1 Å². The molecule has 1 amide bonds. The van der Waals surface area contributed by atoms with E-state index in [9.17, 15) is 14.7 Å². The van der Waals surface area contributed by atoms with Crippen LogP contribution in [0.15, 0.2) is 30.3 Å². The van der Waals surface area contributed by atoms with Crippen LogP contribution in [-0.2, 0) is 9.59 Å². The molecule has 1 aliphatic carbocycles. The highest BCUT2D eigenvalue weighted by molar-refractivity contribution is 5.84. The smallest absolute Gasteiger partial charge is 0.312 e. The van der Waals surface area contributed by atoms with Crippen LogP contribution in [0.25, 0.3) is 0 Å². The Balaban J connectivity index is 2.03. The second-order valence-corrected chi connectivity index (χ2v) is 5.93. The molecule has 0 aliphatic heterocycles. The Kier molecular flexibility index (Phi) is 4.63. The van der Waals surface area contributed by atoms with Gasteiger partial charge in [-0.25, -0.2) is 0 Å². The lowest BCUT2D eigenvalue weighted by molar-refractivity contribution is -0.139. The van der Waals surface area contributed by atoms with Crippen LogP contribution in [0.4, 0.5) is 0 Å². The van der Waals surface area contributed by atoms with Crippen LogP contribution in [0.1, 0.15) is 37.7 Å². The van der Waals surface area contributed by atoms with Crippen molar-refractivity contribution in [2.45, 2.75) is 38.1 Å². The average molecular weight is 290 g/mol. The first-order valence-corrected chi connectivity index (χ1v) is 7.27. The van der Waals surface area contributed by atoms with E-state index in [-0.39, 0.29) is 18.5 Å². The number of carboxylic acid groups (broad SMARTS) is 1.